The van der Waals surface area contributed by atoms with Gasteiger partial charge >= 0.3 is 0 Å². The molecule has 122 valence electrons. The summed E-state index contributed by atoms with van der Waals surface area (Å²) in [6, 6.07) is 10.2. The summed E-state index contributed by atoms with van der Waals surface area (Å²) in [6.07, 6.45) is 5.04. The molecule has 1 N–H and O–H groups in total. The van der Waals surface area contributed by atoms with Gasteiger partial charge in [0.1, 0.15) is 0 Å². The number of benzene rings is 1. The zero-order chi connectivity index (χ0) is 16.2. The number of hydrogen-bond acceptors (Lipinski definition) is 3. The molecule has 0 bridgehead atoms. The second kappa shape index (κ2) is 6.99. The van der Waals surface area contributed by atoms with Crippen molar-refractivity contribution in [2.45, 2.75) is 52.0 Å². The summed E-state index contributed by atoms with van der Waals surface area (Å²) in [5.74, 6) is 1.31. The summed E-state index contributed by atoms with van der Waals surface area (Å²) in [4.78, 5) is 12.2. The third-order valence-corrected chi connectivity index (χ3v) is 4.69. The first kappa shape index (κ1) is 15.8. The minimum Gasteiger partial charge on any atom is -0.356 e. The third-order valence-electron chi connectivity index (χ3n) is 4.69. The fourth-order valence-corrected chi connectivity index (χ4v) is 3.20. The Bertz CT molecular complexity index is 660. The normalized spacial score (nSPS) is 21.1. The average Bonchev–Trinajstić information content (AvgIpc) is 2.98. The van der Waals surface area contributed by atoms with Crippen LogP contribution >= 0.6 is 0 Å². The predicted molar refractivity (Wildman–Crippen MR) is 89.9 cm³/mol. The highest BCUT2D eigenvalue weighted by atomic mass is 16.5. The molecule has 1 heterocycles. The molecule has 2 aromatic rings. The Kier molecular flexibility index (Phi) is 4.79. The quantitative estimate of drug-likeness (QED) is 0.932. The number of amides is 1. The molecule has 1 amide bonds. The summed E-state index contributed by atoms with van der Waals surface area (Å²) < 4.78 is 5.37. The first-order valence-electron chi connectivity index (χ1n) is 8.44. The van der Waals surface area contributed by atoms with E-state index >= 15 is 0 Å². The lowest BCUT2D eigenvalue weighted by molar-refractivity contribution is -0.121. The van der Waals surface area contributed by atoms with E-state index in [1.807, 2.05) is 37.3 Å². The third kappa shape index (κ3) is 4.01. The van der Waals surface area contributed by atoms with E-state index in [1.54, 1.807) is 0 Å². The van der Waals surface area contributed by atoms with E-state index in [2.05, 4.69) is 17.4 Å². The number of rotatable bonds is 4. The van der Waals surface area contributed by atoms with Crippen molar-refractivity contribution in [3.63, 3.8) is 0 Å². The second-order valence-corrected chi connectivity index (χ2v) is 6.66. The van der Waals surface area contributed by atoms with E-state index in [4.69, 9.17) is 4.52 Å². The molecule has 4 nitrogen and oxygen atoms in total. The van der Waals surface area contributed by atoms with Crippen molar-refractivity contribution in [2.24, 2.45) is 5.92 Å². The number of carbonyl (C=O) groups is 1. The second-order valence-electron chi connectivity index (χ2n) is 6.66. The summed E-state index contributed by atoms with van der Waals surface area (Å²) in [5.41, 5.74) is 2.87. The van der Waals surface area contributed by atoms with Crippen molar-refractivity contribution >= 4 is 5.91 Å². The molecule has 1 fully saturated rings. The summed E-state index contributed by atoms with van der Waals surface area (Å²) in [6.45, 7) is 4.27. The van der Waals surface area contributed by atoms with Gasteiger partial charge in [-0.1, -0.05) is 54.8 Å². The van der Waals surface area contributed by atoms with Crippen molar-refractivity contribution in [1.29, 1.82) is 0 Å². The number of nitrogens with zero attached hydrogens (tertiary/aromatic N) is 1. The summed E-state index contributed by atoms with van der Waals surface area (Å²) in [5, 5.41) is 7.18. The zero-order valence-electron chi connectivity index (χ0n) is 13.8. The van der Waals surface area contributed by atoms with Crippen molar-refractivity contribution in [2.75, 3.05) is 0 Å². The maximum absolute atomic E-state index is 12.2. The summed E-state index contributed by atoms with van der Waals surface area (Å²) >= 11 is 0. The van der Waals surface area contributed by atoms with Crippen LogP contribution in [0, 0.1) is 12.8 Å². The fourth-order valence-electron chi connectivity index (χ4n) is 3.20. The Morgan fingerprint density at radius 3 is 2.74 bits per heavy atom. The Labute approximate surface area is 137 Å². The highest BCUT2D eigenvalue weighted by Gasteiger charge is 2.23. The van der Waals surface area contributed by atoms with E-state index in [0.29, 0.717) is 23.4 Å². The van der Waals surface area contributed by atoms with E-state index in [-0.39, 0.29) is 12.3 Å². The topological polar surface area (TPSA) is 55.1 Å². The molecule has 1 aromatic heterocycles. The predicted octanol–water partition coefficient (Wildman–Crippen LogP) is 3.89. The molecular weight excluding hydrogens is 288 g/mol. The van der Waals surface area contributed by atoms with Gasteiger partial charge in [-0.3, -0.25) is 4.79 Å². The molecule has 0 spiro atoms. The first-order chi connectivity index (χ1) is 11.1. The molecule has 1 saturated carbocycles. The van der Waals surface area contributed by atoms with Gasteiger partial charge in [0.15, 0.2) is 5.76 Å². The van der Waals surface area contributed by atoms with Crippen molar-refractivity contribution in [1.82, 2.24) is 10.5 Å². The molecule has 3 rings (SSSR count). The number of hydrogen-bond donors (Lipinski definition) is 1. The highest BCUT2D eigenvalue weighted by Crippen LogP contribution is 2.24. The van der Waals surface area contributed by atoms with Crippen LogP contribution in [0.3, 0.4) is 0 Å². The molecule has 1 aromatic carbocycles. The van der Waals surface area contributed by atoms with Gasteiger partial charge in [-0.2, -0.15) is 0 Å². The van der Waals surface area contributed by atoms with Gasteiger partial charge in [0.2, 0.25) is 5.91 Å². The summed E-state index contributed by atoms with van der Waals surface area (Å²) in [7, 11) is 0. The first-order valence-corrected chi connectivity index (χ1v) is 8.44. The Balaban J connectivity index is 1.60. The zero-order valence-corrected chi connectivity index (χ0v) is 13.8. The Morgan fingerprint density at radius 1 is 1.26 bits per heavy atom. The minimum absolute atomic E-state index is 0.0347. The molecule has 1 aliphatic carbocycles. The molecule has 0 radical (unpaired) electrons. The number of aromatic nitrogens is 1. The smallest absolute Gasteiger partial charge is 0.226 e. The maximum Gasteiger partial charge on any atom is 0.226 e. The van der Waals surface area contributed by atoms with Gasteiger partial charge in [0, 0.05) is 17.7 Å². The lowest BCUT2D eigenvalue weighted by Crippen LogP contribution is -2.41. The van der Waals surface area contributed by atoms with E-state index < -0.39 is 0 Å². The molecule has 0 saturated heterocycles. The monoisotopic (exact) mass is 312 g/mol. The van der Waals surface area contributed by atoms with Gasteiger partial charge in [-0.05, 0) is 25.7 Å². The highest BCUT2D eigenvalue weighted by molar-refractivity contribution is 5.78. The average molecular weight is 312 g/mol. The van der Waals surface area contributed by atoms with Gasteiger partial charge in [-0.25, -0.2) is 0 Å². The van der Waals surface area contributed by atoms with Crippen LogP contribution < -0.4 is 5.32 Å². The van der Waals surface area contributed by atoms with Crippen LogP contribution in [-0.4, -0.2) is 17.1 Å². The molecule has 0 aliphatic heterocycles. The van der Waals surface area contributed by atoms with Crippen molar-refractivity contribution in [3.05, 3.63) is 41.6 Å². The van der Waals surface area contributed by atoms with Gasteiger partial charge in [0.05, 0.1) is 12.1 Å². The van der Waals surface area contributed by atoms with Crippen LogP contribution in [0.2, 0.25) is 0 Å². The fraction of sp³-hybridized carbons (Fsp3) is 0.474. The minimum atomic E-state index is 0.0347. The van der Waals surface area contributed by atoms with Gasteiger partial charge in [-0.15, -0.1) is 0 Å². The van der Waals surface area contributed by atoms with E-state index in [0.717, 1.165) is 12.0 Å². The van der Waals surface area contributed by atoms with Crippen LogP contribution in [-0.2, 0) is 11.2 Å². The Hall–Kier alpha value is -2.10. The molecule has 1 aliphatic rings. The lowest BCUT2D eigenvalue weighted by atomic mass is 9.86. The lowest BCUT2D eigenvalue weighted by Gasteiger charge is -2.29. The largest absolute Gasteiger partial charge is 0.356 e. The van der Waals surface area contributed by atoms with Gasteiger partial charge in [0.25, 0.3) is 0 Å². The maximum atomic E-state index is 12.2. The Morgan fingerprint density at radius 2 is 2.00 bits per heavy atom. The van der Waals surface area contributed by atoms with Crippen LogP contribution in [0.15, 0.2) is 34.9 Å². The van der Waals surface area contributed by atoms with Crippen LogP contribution in [0.4, 0.5) is 0 Å². The number of aryl methyl sites for hydroxylation is 1. The van der Waals surface area contributed by atoms with E-state index in [9.17, 15) is 4.79 Å². The van der Waals surface area contributed by atoms with Crippen LogP contribution in [0.25, 0.3) is 11.3 Å². The van der Waals surface area contributed by atoms with Crippen LogP contribution in [0.5, 0.6) is 0 Å². The van der Waals surface area contributed by atoms with Crippen LogP contribution in [0.1, 0.15) is 43.9 Å². The standard InChI is InChI=1S/C19H24N2O2/c1-13-7-9-15(10-8-13)18-11-16(21-23-18)12-19(22)20-17-6-4-3-5-14(17)2/h7-11,14,17H,3-6,12H2,1-2H3,(H,20,22). The number of nitrogens with one attached hydrogen (secondary N) is 1. The van der Waals surface area contributed by atoms with E-state index in [1.165, 1.54) is 24.8 Å². The molecule has 23 heavy (non-hydrogen) atoms. The van der Waals surface area contributed by atoms with Gasteiger partial charge < -0.3 is 9.84 Å². The molecule has 4 heteroatoms. The van der Waals surface area contributed by atoms with Crippen molar-refractivity contribution < 1.29 is 9.32 Å². The molecular formula is C19H24N2O2. The SMILES string of the molecule is Cc1ccc(-c2cc(CC(=O)NC3CCCCC3C)no2)cc1. The van der Waals surface area contributed by atoms with Crippen molar-refractivity contribution in [3.8, 4) is 11.3 Å². The number of carbonyl (C=O) groups excluding carboxylic acids is 1. The molecule has 2 unspecified atom stereocenters. The molecule has 2 atom stereocenters.